The van der Waals surface area contributed by atoms with Crippen molar-refractivity contribution in [3.05, 3.63) is 21.1 Å². The summed E-state index contributed by atoms with van der Waals surface area (Å²) in [5.41, 5.74) is 2.55. The molecular formula is C15H27N3OS. The molecule has 1 heterocycles. The number of carbonyl (C=O) groups excluding carboxylic acids is 1. The zero-order valence-electron chi connectivity index (χ0n) is 13.1. The minimum absolute atomic E-state index is 0.107. The third-order valence-electron chi connectivity index (χ3n) is 3.16. The highest BCUT2D eigenvalue weighted by Crippen LogP contribution is 2.30. The van der Waals surface area contributed by atoms with Gasteiger partial charge in [0.2, 0.25) is 0 Å². The number of urea groups is 1. The molecule has 1 aliphatic rings. The van der Waals surface area contributed by atoms with Gasteiger partial charge in [-0.3, -0.25) is 0 Å². The summed E-state index contributed by atoms with van der Waals surface area (Å²) in [7, 11) is 0. The highest BCUT2D eigenvalue weighted by atomic mass is 32.2. The van der Waals surface area contributed by atoms with Crippen molar-refractivity contribution in [1.29, 1.82) is 0 Å². The number of rotatable bonds is 6. The van der Waals surface area contributed by atoms with Crippen LogP contribution in [0, 0.1) is 0 Å². The van der Waals surface area contributed by atoms with Crippen molar-refractivity contribution in [3.8, 4) is 0 Å². The molecule has 0 fully saturated rings. The molecule has 0 saturated carbocycles. The van der Waals surface area contributed by atoms with Gasteiger partial charge in [-0.25, -0.2) is 4.79 Å². The van der Waals surface area contributed by atoms with Crippen LogP contribution in [0.3, 0.4) is 0 Å². The van der Waals surface area contributed by atoms with Gasteiger partial charge >= 0.3 is 6.03 Å². The second-order valence-electron chi connectivity index (χ2n) is 5.30. The number of carbonyl (C=O) groups is 1. The first-order valence-electron chi connectivity index (χ1n) is 7.34. The van der Waals surface area contributed by atoms with E-state index < -0.39 is 0 Å². The summed E-state index contributed by atoms with van der Waals surface area (Å²) in [6.07, 6.45) is 3.18. The Morgan fingerprint density at radius 3 is 2.75 bits per heavy atom. The Bertz CT molecular complexity index is 398. The van der Waals surface area contributed by atoms with E-state index in [-0.39, 0.29) is 6.03 Å². The van der Waals surface area contributed by atoms with Crippen LogP contribution >= 0.6 is 11.8 Å². The van der Waals surface area contributed by atoms with Gasteiger partial charge in [-0.05, 0) is 45.7 Å². The summed E-state index contributed by atoms with van der Waals surface area (Å²) in [6.45, 7) is 11.0. The lowest BCUT2D eigenvalue weighted by atomic mass is 10.1. The largest absolute Gasteiger partial charge is 0.338 e. The average molecular weight is 297 g/mol. The van der Waals surface area contributed by atoms with Gasteiger partial charge in [0.25, 0.3) is 0 Å². The van der Waals surface area contributed by atoms with Gasteiger partial charge in [0.05, 0.1) is 5.03 Å². The maximum absolute atomic E-state index is 11.9. The van der Waals surface area contributed by atoms with Gasteiger partial charge < -0.3 is 16.0 Å². The Hall–Kier alpha value is -0.940. The topological polar surface area (TPSA) is 53.2 Å². The van der Waals surface area contributed by atoms with Crippen LogP contribution in [0.15, 0.2) is 21.1 Å². The lowest BCUT2D eigenvalue weighted by Crippen LogP contribution is -2.35. The van der Waals surface area contributed by atoms with Gasteiger partial charge in [0, 0.05) is 18.0 Å². The van der Waals surface area contributed by atoms with Crippen molar-refractivity contribution in [2.75, 3.05) is 19.6 Å². The molecule has 0 spiro atoms. The number of allylic oxidation sites excluding steroid dienone is 1. The second-order valence-corrected chi connectivity index (χ2v) is 6.40. The summed E-state index contributed by atoms with van der Waals surface area (Å²) in [5.74, 6) is 0. The number of hydrogen-bond acceptors (Lipinski definition) is 3. The predicted molar refractivity (Wildman–Crippen MR) is 87.6 cm³/mol. The van der Waals surface area contributed by atoms with Crippen molar-refractivity contribution in [1.82, 2.24) is 16.0 Å². The van der Waals surface area contributed by atoms with Crippen molar-refractivity contribution >= 4 is 17.8 Å². The maximum Gasteiger partial charge on any atom is 0.319 e. The zero-order chi connectivity index (χ0) is 15.0. The van der Waals surface area contributed by atoms with Crippen LogP contribution in [-0.4, -0.2) is 25.7 Å². The molecule has 0 saturated heterocycles. The number of hydrogen-bond donors (Lipinski definition) is 3. The summed E-state index contributed by atoms with van der Waals surface area (Å²) in [4.78, 5) is 13.2. The molecule has 0 bridgehead atoms. The van der Waals surface area contributed by atoms with Crippen molar-refractivity contribution in [2.45, 2.75) is 47.0 Å². The molecule has 0 aliphatic carbocycles. The SMILES string of the molecule is CCCCNC(=O)NC(SC1=C(C)CCNC1)=C(C)C. The summed E-state index contributed by atoms with van der Waals surface area (Å²) < 4.78 is 0. The van der Waals surface area contributed by atoms with E-state index in [1.165, 1.54) is 10.5 Å². The fraction of sp³-hybridized carbons (Fsp3) is 0.667. The van der Waals surface area contributed by atoms with E-state index in [2.05, 4.69) is 29.8 Å². The van der Waals surface area contributed by atoms with Gasteiger partial charge in [0.1, 0.15) is 0 Å². The first-order chi connectivity index (χ1) is 9.54. The molecule has 114 valence electrons. The molecule has 0 unspecified atom stereocenters. The maximum atomic E-state index is 11.9. The van der Waals surface area contributed by atoms with E-state index in [0.29, 0.717) is 0 Å². The Morgan fingerprint density at radius 2 is 2.15 bits per heavy atom. The highest BCUT2D eigenvalue weighted by molar-refractivity contribution is 8.06. The van der Waals surface area contributed by atoms with E-state index in [0.717, 1.165) is 49.5 Å². The third kappa shape index (κ3) is 6.01. The van der Waals surface area contributed by atoms with Crippen molar-refractivity contribution < 1.29 is 4.79 Å². The lowest BCUT2D eigenvalue weighted by molar-refractivity contribution is 0.243. The Balaban J connectivity index is 2.58. The van der Waals surface area contributed by atoms with E-state index in [1.807, 2.05) is 13.8 Å². The monoisotopic (exact) mass is 297 g/mol. The molecule has 5 heteroatoms. The summed E-state index contributed by atoms with van der Waals surface area (Å²) in [5, 5.41) is 10.2. The van der Waals surface area contributed by atoms with E-state index in [4.69, 9.17) is 0 Å². The molecule has 0 radical (unpaired) electrons. The lowest BCUT2D eigenvalue weighted by Gasteiger charge is -2.20. The number of thioether (sulfide) groups is 1. The smallest absolute Gasteiger partial charge is 0.319 e. The fourth-order valence-corrected chi connectivity index (χ4v) is 2.84. The second kappa shape index (κ2) is 9.08. The standard InChI is InChI=1S/C15H27N3OS/c1-5-6-8-17-15(19)18-14(11(2)3)20-13-10-16-9-7-12(13)4/h16H,5-10H2,1-4H3,(H2,17,18,19). The first kappa shape index (κ1) is 17.1. The molecule has 3 N–H and O–H groups in total. The van der Waals surface area contributed by atoms with Crippen LogP contribution in [0.25, 0.3) is 0 Å². The van der Waals surface area contributed by atoms with Crippen LogP contribution in [0.2, 0.25) is 0 Å². The van der Waals surface area contributed by atoms with Crippen LogP contribution in [-0.2, 0) is 0 Å². The molecule has 0 aromatic carbocycles. The average Bonchev–Trinajstić information content (AvgIpc) is 2.40. The fourth-order valence-electron chi connectivity index (χ4n) is 1.79. The molecule has 0 atom stereocenters. The van der Waals surface area contributed by atoms with Gasteiger partial charge in [0.15, 0.2) is 0 Å². The van der Waals surface area contributed by atoms with E-state index in [9.17, 15) is 4.79 Å². The molecule has 4 nitrogen and oxygen atoms in total. The Kier molecular flexibility index (Phi) is 7.77. The molecular weight excluding hydrogens is 270 g/mol. The zero-order valence-corrected chi connectivity index (χ0v) is 13.9. The van der Waals surface area contributed by atoms with Gasteiger partial charge in [-0.15, -0.1) is 0 Å². The normalized spacial score (nSPS) is 15.0. The van der Waals surface area contributed by atoms with Crippen LogP contribution < -0.4 is 16.0 Å². The number of nitrogens with one attached hydrogen (secondary N) is 3. The summed E-state index contributed by atoms with van der Waals surface area (Å²) in [6, 6.07) is -0.107. The molecule has 20 heavy (non-hydrogen) atoms. The number of unbranched alkanes of at least 4 members (excludes halogenated alkanes) is 1. The van der Waals surface area contributed by atoms with Crippen LogP contribution in [0.5, 0.6) is 0 Å². The third-order valence-corrected chi connectivity index (χ3v) is 4.61. The minimum Gasteiger partial charge on any atom is -0.338 e. The Labute approximate surface area is 126 Å². The van der Waals surface area contributed by atoms with Gasteiger partial charge in [-0.2, -0.15) is 0 Å². The van der Waals surface area contributed by atoms with E-state index in [1.54, 1.807) is 11.8 Å². The van der Waals surface area contributed by atoms with Crippen molar-refractivity contribution in [3.63, 3.8) is 0 Å². The minimum atomic E-state index is -0.107. The molecule has 1 aliphatic heterocycles. The Morgan fingerprint density at radius 1 is 1.40 bits per heavy atom. The van der Waals surface area contributed by atoms with Crippen LogP contribution in [0.1, 0.15) is 47.0 Å². The summed E-state index contributed by atoms with van der Waals surface area (Å²) >= 11 is 1.67. The molecule has 2 amide bonds. The number of amides is 2. The van der Waals surface area contributed by atoms with E-state index >= 15 is 0 Å². The highest BCUT2D eigenvalue weighted by Gasteiger charge is 2.14. The van der Waals surface area contributed by atoms with Gasteiger partial charge in [-0.1, -0.05) is 30.7 Å². The molecule has 0 aromatic rings. The predicted octanol–water partition coefficient (Wildman–Crippen LogP) is 3.34. The molecule has 0 aromatic heterocycles. The van der Waals surface area contributed by atoms with Crippen molar-refractivity contribution in [2.24, 2.45) is 0 Å². The quantitative estimate of drug-likeness (QED) is 0.659. The first-order valence-corrected chi connectivity index (χ1v) is 8.15. The van der Waals surface area contributed by atoms with Crippen LogP contribution in [0.4, 0.5) is 4.79 Å². The molecule has 1 rings (SSSR count).